The molecule has 0 aliphatic heterocycles. The Bertz CT molecular complexity index is 708. The van der Waals surface area contributed by atoms with Crippen LogP contribution in [0.25, 0.3) is 10.9 Å². The lowest BCUT2D eigenvalue weighted by atomic mass is 10.2. The number of aromatic amines is 2. The molecule has 1 heterocycles. The molecule has 0 bridgehead atoms. The van der Waals surface area contributed by atoms with Gasteiger partial charge in [0.25, 0.3) is 5.56 Å². The van der Waals surface area contributed by atoms with Crippen LogP contribution in [-0.4, -0.2) is 9.97 Å². The van der Waals surface area contributed by atoms with Crippen LogP contribution in [0.5, 0.6) is 0 Å². The molecule has 0 radical (unpaired) electrons. The van der Waals surface area contributed by atoms with Gasteiger partial charge in [-0.25, -0.2) is 13.6 Å². The largest absolute Gasteiger partial charge is 0.326 e. The van der Waals surface area contributed by atoms with Crippen molar-refractivity contribution in [1.82, 2.24) is 9.97 Å². The summed E-state index contributed by atoms with van der Waals surface area (Å²) >= 11 is 5.51. The molecule has 0 fully saturated rings. The normalized spacial score (nSPS) is 11.0. The maximum Gasteiger partial charge on any atom is 0.326 e. The van der Waals surface area contributed by atoms with Crippen molar-refractivity contribution in [2.24, 2.45) is 0 Å². The summed E-state index contributed by atoms with van der Waals surface area (Å²) in [6, 6.07) is 0. The third kappa shape index (κ3) is 1.52. The zero-order valence-electron chi connectivity index (χ0n) is 7.33. The Kier molecular flexibility index (Phi) is 2.70. The van der Waals surface area contributed by atoms with Gasteiger partial charge in [-0.05, 0) is 31.9 Å². The lowest BCUT2D eigenvalue weighted by molar-refractivity contribution is 0.574. The van der Waals surface area contributed by atoms with Gasteiger partial charge in [0.2, 0.25) is 0 Å². The van der Waals surface area contributed by atoms with Crippen molar-refractivity contribution in [3.05, 3.63) is 41.4 Å². The molecular formula is C8H2Br2F2N2O2. The van der Waals surface area contributed by atoms with Crippen LogP contribution in [0.15, 0.2) is 18.5 Å². The van der Waals surface area contributed by atoms with E-state index < -0.39 is 27.4 Å². The van der Waals surface area contributed by atoms with Crippen LogP contribution < -0.4 is 11.2 Å². The Labute approximate surface area is 103 Å². The van der Waals surface area contributed by atoms with Gasteiger partial charge in [0.05, 0.1) is 19.8 Å². The monoisotopic (exact) mass is 354 g/mol. The number of hydrogen-bond acceptors (Lipinski definition) is 2. The van der Waals surface area contributed by atoms with Crippen LogP contribution in [0.2, 0.25) is 0 Å². The molecule has 16 heavy (non-hydrogen) atoms. The molecule has 0 atom stereocenters. The molecule has 1 aromatic heterocycles. The van der Waals surface area contributed by atoms with Gasteiger partial charge in [-0.1, -0.05) is 0 Å². The Balaban J connectivity index is 3.21. The number of nitrogens with one attached hydrogen (secondary N) is 2. The van der Waals surface area contributed by atoms with E-state index in [0.29, 0.717) is 0 Å². The molecule has 1 aromatic carbocycles. The van der Waals surface area contributed by atoms with E-state index in [2.05, 4.69) is 36.8 Å². The zero-order valence-corrected chi connectivity index (χ0v) is 10.5. The second-order valence-electron chi connectivity index (χ2n) is 2.91. The molecule has 0 aliphatic rings. The fraction of sp³-hybridized carbons (Fsp3) is 0. The van der Waals surface area contributed by atoms with Gasteiger partial charge < -0.3 is 4.98 Å². The van der Waals surface area contributed by atoms with Crippen molar-refractivity contribution in [3.63, 3.8) is 0 Å². The highest BCUT2D eigenvalue weighted by Crippen LogP contribution is 2.32. The first kappa shape index (κ1) is 11.5. The summed E-state index contributed by atoms with van der Waals surface area (Å²) in [7, 11) is 0. The standard InChI is InChI=1S/C8H2Br2F2N2O2/c9-2-1-6(5(12)3(10)4(2)11)13-8(16)14-7(1)15/h(H2,13,14,15,16). The van der Waals surface area contributed by atoms with Gasteiger partial charge >= 0.3 is 5.69 Å². The minimum absolute atomic E-state index is 0.215. The number of aromatic nitrogens is 2. The fourth-order valence-electron chi connectivity index (χ4n) is 1.27. The van der Waals surface area contributed by atoms with Crippen molar-refractivity contribution in [2.75, 3.05) is 0 Å². The Hall–Kier alpha value is -1.02. The van der Waals surface area contributed by atoms with E-state index in [1.165, 1.54) is 0 Å². The molecule has 0 saturated heterocycles. The SMILES string of the molecule is O=c1[nH]c(=O)c2c(Br)c(F)c(Br)c(F)c2[nH]1. The number of benzene rings is 1. The van der Waals surface area contributed by atoms with E-state index in [1.54, 1.807) is 0 Å². The fourth-order valence-corrected chi connectivity index (χ4v) is 2.51. The van der Waals surface area contributed by atoms with Crippen LogP contribution >= 0.6 is 31.9 Å². The first-order valence-electron chi connectivity index (χ1n) is 3.91. The van der Waals surface area contributed by atoms with Gasteiger partial charge in [-0.2, -0.15) is 0 Å². The van der Waals surface area contributed by atoms with Crippen LogP contribution in [0.4, 0.5) is 8.78 Å². The molecule has 0 saturated carbocycles. The summed E-state index contributed by atoms with van der Waals surface area (Å²) in [5.74, 6) is -1.97. The topological polar surface area (TPSA) is 65.7 Å². The lowest BCUT2D eigenvalue weighted by Gasteiger charge is -2.04. The van der Waals surface area contributed by atoms with E-state index in [1.807, 2.05) is 4.98 Å². The van der Waals surface area contributed by atoms with Crippen molar-refractivity contribution in [3.8, 4) is 0 Å². The first-order chi connectivity index (χ1) is 7.43. The number of H-pyrrole nitrogens is 2. The van der Waals surface area contributed by atoms with Gasteiger partial charge in [0.1, 0.15) is 0 Å². The highest BCUT2D eigenvalue weighted by atomic mass is 79.9. The lowest BCUT2D eigenvalue weighted by Crippen LogP contribution is -2.23. The summed E-state index contributed by atoms with van der Waals surface area (Å²) in [6.45, 7) is 0. The van der Waals surface area contributed by atoms with E-state index in [4.69, 9.17) is 0 Å². The highest BCUT2D eigenvalue weighted by molar-refractivity contribution is 9.11. The summed E-state index contributed by atoms with van der Waals surface area (Å²) in [5, 5.41) is -0.280. The molecule has 84 valence electrons. The van der Waals surface area contributed by atoms with Crippen LogP contribution in [-0.2, 0) is 0 Å². The smallest absolute Gasteiger partial charge is 0.304 e. The Morgan fingerprint density at radius 3 is 2.19 bits per heavy atom. The van der Waals surface area contributed by atoms with Crippen LogP contribution in [0.3, 0.4) is 0 Å². The number of fused-ring (bicyclic) bond motifs is 1. The predicted octanol–water partition coefficient (Wildman–Crippen LogP) is 2.02. The second kappa shape index (κ2) is 3.77. The van der Waals surface area contributed by atoms with Gasteiger partial charge in [0, 0.05) is 0 Å². The van der Waals surface area contributed by atoms with E-state index in [9.17, 15) is 18.4 Å². The summed E-state index contributed by atoms with van der Waals surface area (Å²) in [5.41, 5.74) is -2.08. The Morgan fingerprint density at radius 1 is 0.938 bits per heavy atom. The molecule has 0 unspecified atom stereocenters. The van der Waals surface area contributed by atoms with Crippen LogP contribution in [0, 0.1) is 11.6 Å². The number of rotatable bonds is 0. The summed E-state index contributed by atoms with van der Waals surface area (Å²) < 4.78 is 26.3. The second-order valence-corrected chi connectivity index (χ2v) is 4.50. The molecule has 2 aromatic rings. The highest BCUT2D eigenvalue weighted by Gasteiger charge is 2.19. The molecule has 2 N–H and O–H groups in total. The number of halogens is 4. The van der Waals surface area contributed by atoms with Crippen molar-refractivity contribution in [2.45, 2.75) is 0 Å². The summed E-state index contributed by atoms with van der Waals surface area (Å²) in [6.07, 6.45) is 0. The first-order valence-corrected chi connectivity index (χ1v) is 5.50. The molecule has 0 aliphatic carbocycles. The number of hydrogen-bond donors (Lipinski definition) is 2. The van der Waals surface area contributed by atoms with E-state index in [0.717, 1.165) is 0 Å². The summed E-state index contributed by atoms with van der Waals surface area (Å²) in [4.78, 5) is 26.3. The maximum atomic E-state index is 13.6. The van der Waals surface area contributed by atoms with E-state index >= 15 is 0 Å². The zero-order chi connectivity index (χ0) is 12.0. The third-order valence-electron chi connectivity index (χ3n) is 1.96. The molecule has 0 spiro atoms. The van der Waals surface area contributed by atoms with Crippen molar-refractivity contribution >= 4 is 42.8 Å². The van der Waals surface area contributed by atoms with Crippen LogP contribution in [0.1, 0.15) is 0 Å². The molecule has 4 nitrogen and oxygen atoms in total. The van der Waals surface area contributed by atoms with Gasteiger partial charge in [-0.3, -0.25) is 9.78 Å². The maximum absolute atomic E-state index is 13.6. The van der Waals surface area contributed by atoms with Crippen molar-refractivity contribution < 1.29 is 8.78 Å². The van der Waals surface area contributed by atoms with Crippen molar-refractivity contribution in [1.29, 1.82) is 0 Å². The average molecular weight is 356 g/mol. The minimum atomic E-state index is -1.03. The average Bonchev–Trinajstić information content (AvgIpc) is 2.22. The Morgan fingerprint density at radius 2 is 1.56 bits per heavy atom. The molecular weight excluding hydrogens is 354 g/mol. The molecule has 0 amide bonds. The third-order valence-corrected chi connectivity index (χ3v) is 3.40. The van der Waals surface area contributed by atoms with E-state index in [-0.39, 0.29) is 15.4 Å². The van der Waals surface area contributed by atoms with Gasteiger partial charge in [0.15, 0.2) is 11.6 Å². The van der Waals surface area contributed by atoms with Gasteiger partial charge in [-0.15, -0.1) is 0 Å². The predicted molar refractivity (Wildman–Crippen MR) is 60.5 cm³/mol. The molecule has 2 rings (SSSR count). The quantitative estimate of drug-likeness (QED) is 0.561. The molecule has 8 heteroatoms. The minimum Gasteiger partial charge on any atom is -0.304 e.